The minimum absolute atomic E-state index is 0.0115. The first kappa shape index (κ1) is 12.2. The summed E-state index contributed by atoms with van der Waals surface area (Å²) in [5.41, 5.74) is 0.471. The van der Waals surface area contributed by atoms with E-state index in [1.165, 1.54) is 12.1 Å². The molecule has 1 aliphatic heterocycles. The van der Waals surface area contributed by atoms with Crippen LogP contribution in [0.15, 0.2) is 18.2 Å². The molecular weight excluding hydrogens is 240 g/mol. The van der Waals surface area contributed by atoms with Gasteiger partial charge in [0.25, 0.3) is 5.91 Å². The lowest BCUT2D eigenvalue weighted by Crippen LogP contribution is -2.45. The van der Waals surface area contributed by atoms with Crippen LogP contribution in [0.25, 0.3) is 0 Å². The number of amides is 1. The fourth-order valence-electron chi connectivity index (χ4n) is 1.89. The van der Waals surface area contributed by atoms with E-state index in [0.717, 1.165) is 25.9 Å². The number of hydrogen-bond donors (Lipinski definition) is 3. The zero-order valence-corrected chi connectivity index (χ0v) is 10.1. The van der Waals surface area contributed by atoms with E-state index in [0.29, 0.717) is 5.56 Å². The predicted octanol–water partition coefficient (Wildman–Crippen LogP) is 1.53. The van der Waals surface area contributed by atoms with Crippen LogP contribution >= 0.6 is 11.6 Å². The molecular formula is C12H15ClN2O2. The molecule has 3 N–H and O–H groups in total. The first-order valence-electron chi connectivity index (χ1n) is 5.67. The molecule has 1 atom stereocenters. The number of carbonyl (C=O) groups excluding carboxylic acids is 1. The standard InChI is InChI=1S/C12H15ClN2O2/c13-10-6-8(3-4-11(10)16)12(17)15-9-2-1-5-14-7-9/h3-4,6,9,14,16H,1-2,5,7H2,(H,15,17). The highest BCUT2D eigenvalue weighted by molar-refractivity contribution is 6.32. The Morgan fingerprint density at radius 1 is 1.53 bits per heavy atom. The third-order valence-electron chi connectivity index (χ3n) is 2.84. The van der Waals surface area contributed by atoms with Crippen molar-refractivity contribution in [2.24, 2.45) is 0 Å². The minimum Gasteiger partial charge on any atom is -0.506 e. The normalized spacial score (nSPS) is 19.9. The number of hydrogen-bond acceptors (Lipinski definition) is 3. The van der Waals surface area contributed by atoms with Crippen molar-refractivity contribution < 1.29 is 9.90 Å². The maximum absolute atomic E-state index is 11.9. The van der Waals surface area contributed by atoms with Gasteiger partial charge in [-0.1, -0.05) is 11.6 Å². The maximum Gasteiger partial charge on any atom is 0.251 e. The van der Waals surface area contributed by atoms with Crippen molar-refractivity contribution in [1.29, 1.82) is 0 Å². The van der Waals surface area contributed by atoms with Gasteiger partial charge < -0.3 is 15.7 Å². The number of nitrogens with one attached hydrogen (secondary N) is 2. The van der Waals surface area contributed by atoms with E-state index in [2.05, 4.69) is 10.6 Å². The van der Waals surface area contributed by atoms with Crippen molar-refractivity contribution in [3.8, 4) is 5.75 Å². The van der Waals surface area contributed by atoms with E-state index in [-0.39, 0.29) is 22.7 Å². The highest BCUT2D eigenvalue weighted by atomic mass is 35.5. The maximum atomic E-state index is 11.9. The molecule has 0 aliphatic carbocycles. The Bertz CT molecular complexity index is 417. The molecule has 0 radical (unpaired) electrons. The summed E-state index contributed by atoms with van der Waals surface area (Å²) in [5.74, 6) is -0.164. The van der Waals surface area contributed by atoms with Crippen LogP contribution in [-0.4, -0.2) is 30.1 Å². The van der Waals surface area contributed by atoms with Gasteiger partial charge in [-0.25, -0.2) is 0 Å². The second-order valence-corrected chi connectivity index (χ2v) is 4.59. The summed E-state index contributed by atoms with van der Waals surface area (Å²) in [4.78, 5) is 11.9. The number of halogens is 1. The molecule has 0 spiro atoms. The second kappa shape index (κ2) is 5.38. The molecule has 17 heavy (non-hydrogen) atoms. The Morgan fingerprint density at radius 3 is 3.00 bits per heavy atom. The lowest BCUT2D eigenvalue weighted by atomic mass is 10.1. The summed E-state index contributed by atoms with van der Waals surface area (Å²) in [6.07, 6.45) is 2.06. The van der Waals surface area contributed by atoms with Crippen molar-refractivity contribution in [3.05, 3.63) is 28.8 Å². The molecule has 1 aliphatic rings. The Hall–Kier alpha value is -1.26. The molecule has 1 fully saturated rings. The van der Waals surface area contributed by atoms with Crippen molar-refractivity contribution in [2.75, 3.05) is 13.1 Å². The van der Waals surface area contributed by atoms with Crippen molar-refractivity contribution in [2.45, 2.75) is 18.9 Å². The van der Waals surface area contributed by atoms with Gasteiger partial charge in [-0.2, -0.15) is 0 Å². The molecule has 1 saturated heterocycles. The fraction of sp³-hybridized carbons (Fsp3) is 0.417. The number of phenolic OH excluding ortho intramolecular Hbond substituents is 1. The lowest BCUT2D eigenvalue weighted by molar-refractivity contribution is 0.0930. The van der Waals surface area contributed by atoms with Gasteiger partial charge in [0, 0.05) is 18.2 Å². The number of carbonyl (C=O) groups is 1. The lowest BCUT2D eigenvalue weighted by Gasteiger charge is -2.23. The summed E-state index contributed by atoms with van der Waals surface area (Å²) in [5, 5.41) is 15.6. The van der Waals surface area contributed by atoms with Gasteiger partial charge in [0.05, 0.1) is 5.02 Å². The van der Waals surface area contributed by atoms with E-state index in [1.54, 1.807) is 6.07 Å². The largest absolute Gasteiger partial charge is 0.506 e. The van der Waals surface area contributed by atoms with E-state index >= 15 is 0 Å². The van der Waals surface area contributed by atoms with Crippen LogP contribution in [0.3, 0.4) is 0 Å². The summed E-state index contributed by atoms with van der Waals surface area (Å²) in [6, 6.07) is 4.63. The van der Waals surface area contributed by atoms with E-state index < -0.39 is 0 Å². The van der Waals surface area contributed by atoms with Crippen LogP contribution in [0, 0.1) is 0 Å². The van der Waals surface area contributed by atoms with Gasteiger partial charge in [0.15, 0.2) is 0 Å². The van der Waals surface area contributed by atoms with Gasteiger partial charge in [-0.3, -0.25) is 4.79 Å². The number of benzene rings is 1. The average molecular weight is 255 g/mol. The number of piperidine rings is 1. The SMILES string of the molecule is O=C(NC1CCCNC1)c1ccc(O)c(Cl)c1. The molecule has 0 bridgehead atoms. The highest BCUT2D eigenvalue weighted by Crippen LogP contribution is 2.23. The highest BCUT2D eigenvalue weighted by Gasteiger charge is 2.16. The molecule has 1 heterocycles. The molecule has 0 saturated carbocycles. The van der Waals surface area contributed by atoms with Crippen molar-refractivity contribution in [3.63, 3.8) is 0 Å². The Morgan fingerprint density at radius 2 is 2.35 bits per heavy atom. The smallest absolute Gasteiger partial charge is 0.251 e. The zero-order valence-electron chi connectivity index (χ0n) is 9.37. The summed E-state index contributed by atoms with van der Waals surface area (Å²) in [6.45, 7) is 1.81. The van der Waals surface area contributed by atoms with Gasteiger partial charge in [0.1, 0.15) is 5.75 Å². The Balaban J connectivity index is 2.01. The third-order valence-corrected chi connectivity index (χ3v) is 3.14. The monoisotopic (exact) mass is 254 g/mol. The van der Waals surface area contributed by atoms with Gasteiger partial charge >= 0.3 is 0 Å². The quantitative estimate of drug-likeness (QED) is 0.750. The van der Waals surface area contributed by atoms with Gasteiger partial charge in [-0.15, -0.1) is 0 Å². The zero-order chi connectivity index (χ0) is 12.3. The van der Waals surface area contributed by atoms with E-state index in [1.807, 2.05) is 0 Å². The van der Waals surface area contributed by atoms with Crippen LogP contribution in [-0.2, 0) is 0 Å². The Labute approximate surface area is 105 Å². The van der Waals surface area contributed by atoms with Crippen molar-refractivity contribution >= 4 is 17.5 Å². The third kappa shape index (κ3) is 3.11. The molecule has 5 heteroatoms. The minimum atomic E-state index is -0.152. The molecule has 2 rings (SSSR count). The van der Waals surface area contributed by atoms with Gasteiger partial charge in [0.2, 0.25) is 0 Å². The summed E-state index contributed by atoms with van der Waals surface area (Å²) < 4.78 is 0. The number of rotatable bonds is 2. The van der Waals surface area contributed by atoms with Crippen LogP contribution < -0.4 is 10.6 Å². The van der Waals surface area contributed by atoms with Crippen LogP contribution in [0.5, 0.6) is 5.75 Å². The number of aromatic hydroxyl groups is 1. The molecule has 0 aromatic heterocycles. The summed E-state index contributed by atoms with van der Waals surface area (Å²) >= 11 is 5.76. The molecule has 4 nitrogen and oxygen atoms in total. The summed E-state index contributed by atoms with van der Waals surface area (Å²) in [7, 11) is 0. The fourth-order valence-corrected chi connectivity index (χ4v) is 2.07. The van der Waals surface area contributed by atoms with Gasteiger partial charge in [-0.05, 0) is 37.6 Å². The first-order chi connectivity index (χ1) is 8.16. The molecule has 1 aromatic rings. The molecule has 92 valence electrons. The number of phenols is 1. The second-order valence-electron chi connectivity index (χ2n) is 4.18. The molecule has 1 aromatic carbocycles. The predicted molar refractivity (Wildman–Crippen MR) is 66.5 cm³/mol. The Kier molecular flexibility index (Phi) is 3.86. The average Bonchev–Trinajstić information content (AvgIpc) is 2.34. The topological polar surface area (TPSA) is 61.4 Å². The van der Waals surface area contributed by atoms with Crippen LogP contribution in [0.4, 0.5) is 0 Å². The van der Waals surface area contributed by atoms with E-state index in [4.69, 9.17) is 11.6 Å². The molecule has 1 amide bonds. The van der Waals surface area contributed by atoms with E-state index in [9.17, 15) is 9.90 Å². The molecule has 1 unspecified atom stereocenters. The first-order valence-corrected chi connectivity index (χ1v) is 6.04. The van der Waals surface area contributed by atoms with Crippen LogP contribution in [0.2, 0.25) is 5.02 Å². The van der Waals surface area contributed by atoms with Crippen molar-refractivity contribution in [1.82, 2.24) is 10.6 Å². The van der Waals surface area contributed by atoms with Crippen LogP contribution in [0.1, 0.15) is 23.2 Å².